The first-order valence-electron chi connectivity index (χ1n) is 5.09. The second kappa shape index (κ2) is 5.11. The summed E-state index contributed by atoms with van der Waals surface area (Å²) in [6.45, 7) is 4.23. The number of nitrogens with zero attached hydrogens (tertiary/aromatic N) is 1. The van der Waals surface area contributed by atoms with E-state index in [4.69, 9.17) is 4.74 Å². The molecule has 0 aromatic carbocycles. The summed E-state index contributed by atoms with van der Waals surface area (Å²) < 4.78 is 5.36. The molecule has 0 aliphatic rings. The average Bonchev–Trinajstić information content (AvgIpc) is 2.19. The van der Waals surface area contributed by atoms with Crippen LogP contribution in [0.5, 0.6) is 0 Å². The molecule has 0 fully saturated rings. The summed E-state index contributed by atoms with van der Waals surface area (Å²) >= 11 is 0. The van der Waals surface area contributed by atoms with Gasteiger partial charge < -0.3 is 4.74 Å². The predicted octanol–water partition coefficient (Wildman–Crippen LogP) is 2.83. The van der Waals surface area contributed by atoms with E-state index in [0.717, 1.165) is 19.3 Å². The van der Waals surface area contributed by atoms with Crippen LogP contribution in [0.3, 0.4) is 0 Å². The molecule has 0 saturated heterocycles. The van der Waals surface area contributed by atoms with Crippen LogP contribution in [0.15, 0.2) is 24.4 Å². The van der Waals surface area contributed by atoms with Crippen LogP contribution in [-0.2, 0) is 11.2 Å². The maximum atomic E-state index is 5.36. The molecule has 14 heavy (non-hydrogen) atoms. The molecule has 0 N–H and O–H groups in total. The summed E-state index contributed by atoms with van der Waals surface area (Å²) in [6.07, 6.45) is 5.07. The van der Waals surface area contributed by atoms with Gasteiger partial charge in [-0.25, -0.2) is 0 Å². The first-order chi connectivity index (χ1) is 6.64. The van der Waals surface area contributed by atoms with Crippen molar-refractivity contribution in [3.63, 3.8) is 0 Å². The zero-order chi connectivity index (χ0) is 10.4. The van der Waals surface area contributed by atoms with Gasteiger partial charge >= 0.3 is 0 Å². The Balaban J connectivity index is 2.29. The van der Waals surface area contributed by atoms with Crippen molar-refractivity contribution in [3.05, 3.63) is 30.1 Å². The lowest BCUT2D eigenvalue weighted by molar-refractivity contribution is 0.0139. The van der Waals surface area contributed by atoms with Crippen LogP contribution >= 0.6 is 0 Å². The largest absolute Gasteiger partial charge is 0.379 e. The predicted molar refractivity (Wildman–Crippen MR) is 58.3 cm³/mol. The molecule has 0 aliphatic heterocycles. The lowest BCUT2D eigenvalue weighted by Crippen LogP contribution is -2.22. The Labute approximate surface area is 86.3 Å². The van der Waals surface area contributed by atoms with Gasteiger partial charge in [0.05, 0.1) is 5.60 Å². The molecule has 0 saturated carbocycles. The van der Waals surface area contributed by atoms with Crippen molar-refractivity contribution in [2.45, 2.75) is 38.7 Å². The quantitative estimate of drug-likeness (QED) is 0.717. The van der Waals surface area contributed by atoms with E-state index < -0.39 is 0 Å². The van der Waals surface area contributed by atoms with Crippen molar-refractivity contribution >= 4 is 0 Å². The molecular formula is C12H19NO. The molecule has 0 bridgehead atoms. The molecule has 1 heterocycles. The van der Waals surface area contributed by atoms with Crippen LogP contribution in [-0.4, -0.2) is 17.7 Å². The third-order valence-corrected chi connectivity index (χ3v) is 2.49. The van der Waals surface area contributed by atoms with Gasteiger partial charge in [-0.2, -0.15) is 0 Å². The molecular weight excluding hydrogens is 174 g/mol. The standard InChI is InChI=1S/C12H19NO/c1-12(2,14-3)9-6-8-11-7-4-5-10-13-11/h4-5,7,10H,6,8-9H2,1-3H3. The smallest absolute Gasteiger partial charge is 0.0622 e. The minimum absolute atomic E-state index is 0.00518. The molecule has 1 aromatic heterocycles. The third kappa shape index (κ3) is 3.88. The Morgan fingerprint density at radius 1 is 1.36 bits per heavy atom. The molecule has 2 heteroatoms. The van der Waals surface area contributed by atoms with Gasteiger partial charge in [0.1, 0.15) is 0 Å². The van der Waals surface area contributed by atoms with Crippen LogP contribution < -0.4 is 0 Å². The number of aromatic nitrogens is 1. The van der Waals surface area contributed by atoms with Crippen molar-refractivity contribution in [2.75, 3.05) is 7.11 Å². The van der Waals surface area contributed by atoms with Crippen molar-refractivity contribution in [3.8, 4) is 0 Å². The van der Waals surface area contributed by atoms with Crippen molar-refractivity contribution < 1.29 is 4.74 Å². The maximum absolute atomic E-state index is 5.36. The summed E-state index contributed by atoms with van der Waals surface area (Å²) in [6, 6.07) is 6.05. The molecule has 2 nitrogen and oxygen atoms in total. The Hall–Kier alpha value is -0.890. The van der Waals surface area contributed by atoms with Crippen molar-refractivity contribution in [1.29, 1.82) is 0 Å². The van der Waals surface area contributed by atoms with E-state index in [2.05, 4.69) is 24.9 Å². The lowest BCUT2D eigenvalue weighted by Gasteiger charge is -2.22. The SMILES string of the molecule is COC(C)(C)CCCc1ccccn1. The molecule has 0 atom stereocenters. The number of pyridine rings is 1. The molecule has 0 amide bonds. The van der Waals surface area contributed by atoms with Gasteiger partial charge in [0, 0.05) is 19.0 Å². The normalized spacial score (nSPS) is 11.6. The van der Waals surface area contributed by atoms with Crippen molar-refractivity contribution in [1.82, 2.24) is 4.98 Å². The monoisotopic (exact) mass is 193 g/mol. The zero-order valence-corrected chi connectivity index (χ0v) is 9.29. The maximum Gasteiger partial charge on any atom is 0.0622 e. The van der Waals surface area contributed by atoms with Gasteiger partial charge in [-0.15, -0.1) is 0 Å². The summed E-state index contributed by atoms with van der Waals surface area (Å²) in [5.74, 6) is 0. The van der Waals surface area contributed by atoms with E-state index in [0.29, 0.717) is 0 Å². The van der Waals surface area contributed by atoms with E-state index >= 15 is 0 Å². The van der Waals surface area contributed by atoms with Gasteiger partial charge in [-0.3, -0.25) is 4.98 Å². The highest BCUT2D eigenvalue weighted by Crippen LogP contribution is 2.16. The van der Waals surface area contributed by atoms with Crippen molar-refractivity contribution in [2.24, 2.45) is 0 Å². The first-order valence-corrected chi connectivity index (χ1v) is 5.09. The Morgan fingerprint density at radius 2 is 2.14 bits per heavy atom. The molecule has 0 spiro atoms. The summed E-state index contributed by atoms with van der Waals surface area (Å²) in [5, 5.41) is 0. The zero-order valence-electron chi connectivity index (χ0n) is 9.29. The van der Waals surface area contributed by atoms with Gasteiger partial charge in [0.25, 0.3) is 0 Å². The van der Waals surface area contributed by atoms with Crippen LogP contribution in [0.25, 0.3) is 0 Å². The first kappa shape index (κ1) is 11.2. The Kier molecular flexibility index (Phi) is 4.08. The van der Waals surface area contributed by atoms with Crippen LogP contribution in [0.2, 0.25) is 0 Å². The number of ether oxygens (including phenoxy) is 1. The lowest BCUT2D eigenvalue weighted by atomic mass is 10.0. The Morgan fingerprint density at radius 3 is 2.71 bits per heavy atom. The molecule has 1 aromatic rings. The fraction of sp³-hybridized carbons (Fsp3) is 0.583. The van der Waals surface area contributed by atoms with E-state index in [1.54, 1.807) is 7.11 Å². The second-order valence-electron chi connectivity index (χ2n) is 4.14. The number of aryl methyl sites for hydroxylation is 1. The summed E-state index contributed by atoms with van der Waals surface area (Å²) in [7, 11) is 1.76. The second-order valence-corrected chi connectivity index (χ2v) is 4.14. The molecule has 0 aliphatic carbocycles. The van der Waals surface area contributed by atoms with Crippen LogP contribution in [0, 0.1) is 0 Å². The highest BCUT2D eigenvalue weighted by atomic mass is 16.5. The van der Waals surface area contributed by atoms with Crippen LogP contribution in [0.4, 0.5) is 0 Å². The highest BCUT2D eigenvalue weighted by Gasteiger charge is 2.15. The number of methoxy groups -OCH3 is 1. The molecule has 78 valence electrons. The van der Waals surface area contributed by atoms with E-state index in [-0.39, 0.29) is 5.60 Å². The fourth-order valence-electron chi connectivity index (χ4n) is 1.34. The van der Waals surface area contributed by atoms with Gasteiger partial charge in [0.2, 0.25) is 0 Å². The molecule has 1 rings (SSSR count). The molecule has 0 radical (unpaired) electrons. The summed E-state index contributed by atoms with van der Waals surface area (Å²) in [4.78, 5) is 4.28. The minimum Gasteiger partial charge on any atom is -0.379 e. The topological polar surface area (TPSA) is 22.1 Å². The fourth-order valence-corrected chi connectivity index (χ4v) is 1.34. The van der Waals surface area contributed by atoms with Crippen LogP contribution in [0.1, 0.15) is 32.4 Å². The Bertz CT molecular complexity index is 256. The van der Waals surface area contributed by atoms with Gasteiger partial charge in [0.15, 0.2) is 0 Å². The third-order valence-electron chi connectivity index (χ3n) is 2.49. The molecule has 0 unspecified atom stereocenters. The van der Waals surface area contributed by atoms with E-state index in [9.17, 15) is 0 Å². The number of hydrogen-bond donors (Lipinski definition) is 0. The van der Waals surface area contributed by atoms with E-state index in [1.165, 1.54) is 5.69 Å². The highest BCUT2D eigenvalue weighted by molar-refractivity contribution is 5.03. The van der Waals surface area contributed by atoms with Gasteiger partial charge in [-0.05, 0) is 45.2 Å². The van der Waals surface area contributed by atoms with E-state index in [1.807, 2.05) is 18.3 Å². The number of hydrogen-bond acceptors (Lipinski definition) is 2. The minimum atomic E-state index is -0.00518. The van der Waals surface area contributed by atoms with Gasteiger partial charge in [-0.1, -0.05) is 6.07 Å². The summed E-state index contributed by atoms with van der Waals surface area (Å²) in [5.41, 5.74) is 1.16. The average molecular weight is 193 g/mol. The number of rotatable bonds is 5.